The van der Waals surface area contributed by atoms with Gasteiger partial charge >= 0.3 is 12.2 Å². The molecule has 3 amide bonds. The first-order chi connectivity index (χ1) is 15.4. The number of benzene rings is 2. The largest absolute Gasteiger partial charge is 0.416 e. The molecule has 0 bridgehead atoms. The summed E-state index contributed by atoms with van der Waals surface area (Å²) in [4.78, 5) is 24.2. The van der Waals surface area contributed by atoms with Crippen LogP contribution >= 0.6 is 0 Å². The molecule has 2 unspecified atom stereocenters. The summed E-state index contributed by atoms with van der Waals surface area (Å²) in [5.74, 6) is -0.584. The maximum Gasteiger partial charge on any atom is 0.416 e. The number of imide groups is 1. The highest BCUT2D eigenvalue weighted by Gasteiger charge is 2.45. The number of fused-ring (bicyclic) bond motifs is 1. The Bertz CT molecular complexity index is 1260. The monoisotopic (exact) mass is 480 g/mol. The first-order valence-corrected chi connectivity index (χ1v) is 12.1. The van der Waals surface area contributed by atoms with E-state index in [1.807, 2.05) is 6.92 Å². The van der Waals surface area contributed by atoms with E-state index in [0.717, 1.165) is 12.1 Å². The van der Waals surface area contributed by atoms with Crippen molar-refractivity contribution in [2.45, 2.75) is 61.4 Å². The van der Waals surface area contributed by atoms with E-state index in [-0.39, 0.29) is 11.3 Å². The molecule has 1 aliphatic carbocycles. The van der Waals surface area contributed by atoms with Crippen LogP contribution in [0.15, 0.2) is 41.3 Å². The first kappa shape index (κ1) is 23.3. The Morgan fingerprint density at radius 3 is 2.45 bits per heavy atom. The normalized spacial score (nSPS) is 23.1. The van der Waals surface area contributed by atoms with E-state index in [4.69, 9.17) is 0 Å². The minimum absolute atomic E-state index is 0.0392. The molecule has 1 saturated heterocycles. The van der Waals surface area contributed by atoms with Crippen LogP contribution in [0.5, 0.6) is 0 Å². The maximum atomic E-state index is 13.6. The quantitative estimate of drug-likeness (QED) is 0.643. The van der Waals surface area contributed by atoms with Crippen molar-refractivity contribution in [1.29, 1.82) is 0 Å². The topological polar surface area (TPSA) is 92.3 Å². The van der Waals surface area contributed by atoms with Crippen molar-refractivity contribution in [3.8, 4) is 0 Å². The van der Waals surface area contributed by atoms with E-state index in [2.05, 4.69) is 10.6 Å². The van der Waals surface area contributed by atoms with Crippen LogP contribution in [0.25, 0.3) is 0 Å². The van der Waals surface area contributed by atoms with Crippen LogP contribution in [0.4, 0.5) is 18.0 Å². The molecule has 1 heterocycles. The first-order valence-electron chi connectivity index (χ1n) is 10.6. The number of hydrogen-bond donors (Lipinski definition) is 2. The Balaban J connectivity index is 1.80. The van der Waals surface area contributed by atoms with Crippen LogP contribution in [-0.2, 0) is 39.2 Å². The highest BCUT2D eigenvalue weighted by molar-refractivity contribution is 7.91. The number of aryl methyl sites for hydroxylation is 2. The Morgan fingerprint density at radius 1 is 1.12 bits per heavy atom. The standard InChI is InChI=1S/C23H23F3N2O4S/c1-3-13-7-9-16(12-18(13)22(2)20(29)27-21(30)28-22)33(31,32)19-6-4-5-14-11-15(23(24,25)26)8-10-17(14)19/h7-12,19H,3-6H2,1-2H3,(H2,27,28,29,30). The molecule has 2 aromatic carbocycles. The molecule has 0 spiro atoms. The molecule has 2 aliphatic rings. The minimum atomic E-state index is -4.51. The number of hydrogen-bond acceptors (Lipinski definition) is 4. The summed E-state index contributed by atoms with van der Waals surface area (Å²) in [7, 11) is -3.98. The van der Waals surface area contributed by atoms with Crippen LogP contribution in [-0.4, -0.2) is 20.4 Å². The third-order valence-electron chi connectivity index (χ3n) is 6.48. The van der Waals surface area contributed by atoms with Gasteiger partial charge in [-0.2, -0.15) is 13.2 Å². The molecular formula is C23H23F3N2O4S. The number of nitrogens with one attached hydrogen (secondary N) is 2. The van der Waals surface area contributed by atoms with Gasteiger partial charge in [0, 0.05) is 0 Å². The van der Waals surface area contributed by atoms with Gasteiger partial charge in [0.15, 0.2) is 9.84 Å². The lowest BCUT2D eigenvalue weighted by Gasteiger charge is -2.28. The summed E-state index contributed by atoms with van der Waals surface area (Å²) in [6, 6.07) is 7.00. The Morgan fingerprint density at radius 2 is 1.85 bits per heavy atom. The highest BCUT2D eigenvalue weighted by Crippen LogP contribution is 2.42. The van der Waals surface area contributed by atoms with Crippen LogP contribution < -0.4 is 10.6 Å². The van der Waals surface area contributed by atoms with E-state index in [9.17, 15) is 31.2 Å². The number of carbonyl (C=O) groups is 2. The SMILES string of the molecule is CCc1ccc(S(=O)(=O)C2CCCc3cc(C(F)(F)F)ccc32)cc1C1(C)NC(=O)NC1=O. The van der Waals surface area contributed by atoms with Crippen LogP contribution in [0.3, 0.4) is 0 Å². The molecular weight excluding hydrogens is 457 g/mol. The van der Waals surface area contributed by atoms with Gasteiger partial charge in [-0.05, 0) is 79.1 Å². The summed E-state index contributed by atoms with van der Waals surface area (Å²) >= 11 is 0. The van der Waals surface area contributed by atoms with Crippen molar-refractivity contribution in [2.75, 3.05) is 0 Å². The molecule has 10 heteroatoms. The van der Waals surface area contributed by atoms with Crippen molar-refractivity contribution < 1.29 is 31.2 Å². The van der Waals surface area contributed by atoms with Gasteiger partial charge in [-0.3, -0.25) is 10.1 Å². The number of carbonyl (C=O) groups excluding carboxylic acids is 2. The van der Waals surface area contributed by atoms with E-state index in [0.29, 0.717) is 41.5 Å². The maximum absolute atomic E-state index is 13.6. The summed E-state index contributed by atoms with van der Waals surface area (Å²) < 4.78 is 66.7. The van der Waals surface area contributed by atoms with Gasteiger partial charge in [-0.15, -0.1) is 0 Å². The second-order valence-corrected chi connectivity index (χ2v) is 10.7. The number of rotatable bonds is 4. The molecule has 0 radical (unpaired) electrons. The zero-order valence-electron chi connectivity index (χ0n) is 18.0. The molecule has 1 fully saturated rings. The van der Waals surface area contributed by atoms with Crippen LogP contribution in [0.1, 0.15) is 59.8 Å². The van der Waals surface area contributed by atoms with Gasteiger partial charge in [0.25, 0.3) is 5.91 Å². The summed E-state index contributed by atoms with van der Waals surface area (Å²) in [6.45, 7) is 3.35. The van der Waals surface area contributed by atoms with E-state index in [1.165, 1.54) is 25.1 Å². The molecule has 33 heavy (non-hydrogen) atoms. The van der Waals surface area contributed by atoms with Crippen molar-refractivity contribution in [3.05, 3.63) is 64.2 Å². The van der Waals surface area contributed by atoms with Gasteiger partial charge in [-0.25, -0.2) is 13.2 Å². The lowest BCUT2D eigenvalue weighted by Crippen LogP contribution is -2.41. The molecule has 0 aromatic heterocycles. The Labute approximate surface area is 189 Å². The van der Waals surface area contributed by atoms with Gasteiger partial charge in [-0.1, -0.05) is 19.1 Å². The lowest BCUT2D eigenvalue weighted by atomic mass is 9.87. The smallest absolute Gasteiger partial charge is 0.320 e. The molecule has 2 aromatic rings. The fourth-order valence-electron chi connectivity index (χ4n) is 4.67. The third kappa shape index (κ3) is 3.90. The van der Waals surface area contributed by atoms with E-state index in [1.54, 1.807) is 6.07 Å². The van der Waals surface area contributed by atoms with Gasteiger partial charge in [0.1, 0.15) is 5.54 Å². The summed E-state index contributed by atoms with van der Waals surface area (Å²) in [5, 5.41) is 3.75. The Hall–Kier alpha value is -2.88. The zero-order chi connectivity index (χ0) is 24.2. The van der Waals surface area contributed by atoms with Gasteiger partial charge in [0.05, 0.1) is 15.7 Å². The average molecular weight is 481 g/mol. The number of amides is 3. The lowest BCUT2D eigenvalue weighted by molar-refractivity contribution is -0.137. The molecule has 1 aliphatic heterocycles. The average Bonchev–Trinajstić information content (AvgIpc) is 3.03. The van der Waals surface area contributed by atoms with Crippen molar-refractivity contribution in [3.63, 3.8) is 0 Å². The van der Waals surface area contributed by atoms with Gasteiger partial charge in [0.2, 0.25) is 0 Å². The third-order valence-corrected chi connectivity index (χ3v) is 8.63. The number of alkyl halides is 3. The fourth-order valence-corrected chi connectivity index (χ4v) is 6.58. The molecule has 4 rings (SSSR count). The molecule has 2 atom stereocenters. The second kappa shape index (κ2) is 7.86. The van der Waals surface area contributed by atoms with Crippen LogP contribution in [0, 0.1) is 0 Å². The highest BCUT2D eigenvalue weighted by atomic mass is 32.2. The zero-order valence-corrected chi connectivity index (χ0v) is 18.9. The molecule has 0 saturated carbocycles. The predicted molar refractivity (Wildman–Crippen MR) is 114 cm³/mol. The predicted octanol–water partition coefficient (Wildman–Crippen LogP) is 4.17. The Kier molecular flexibility index (Phi) is 5.55. The van der Waals surface area contributed by atoms with Crippen molar-refractivity contribution >= 4 is 21.8 Å². The second-order valence-electron chi connectivity index (χ2n) is 8.54. The number of halogens is 3. The molecule has 6 nitrogen and oxygen atoms in total. The fraction of sp³-hybridized carbons (Fsp3) is 0.391. The van der Waals surface area contributed by atoms with Gasteiger partial charge < -0.3 is 5.32 Å². The molecule has 176 valence electrons. The van der Waals surface area contributed by atoms with E-state index < -0.39 is 44.3 Å². The molecule has 2 N–H and O–H groups in total. The van der Waals surface area contributed by atoms with E-state index >= 15 is 0 Å². The van der Waals surface area contributed by atoms with Crippen molar-refractivity contribution in [1.82, 2.24) is 10.6 Å². The summed E-state index contributed by atoms with van der Waals surface area (Å²) in [5.41, 5.74) is -0.409. The number of urea groups is 1. The number of sulfone groups is 1. The van der Waals surface area contributed by atoms with Crippen molar-refractivity contribution in [2.24, 2.45) is 0 Å². The summed E-state index contributed by atoms with van der Waals surface area (Å²) in [6.07, 6.45) is -2.92. The minimum Gasteiger partial charge on any atom is -0.320 e. The van der Waals surface area contributed by atoms with Crippen LogP contribution in [0.2, 0.25) is 0 Å².